The molecule has 4 aromatic rings. The predicted octanol–water partition coefficient (Wildman–Crippen LogP) is 3.86. The molecule has 0 amide bonds. The summed E-state index contributed by atoms with van der Waals surface area (Å²) in [6, 6.07) is 14.2. The molecule has 0 aliphatic heterocycles. The van der Waals surface area contributed by atoms with E-state index in [9.17, 15) is 0 Å². The van der Waals surface area contributed by atoms with Gasteiger partial charge in [0.25, 0.3) is 0 Å². The van der Waals surface area contributed by atoms with Gasteiger partial charge in [-0.15, -0.1) is 11.3 Å². The number of H-pyrrole nitrogens is 1. The SMILES string of the molecule is Nc1ccc(-c2nc3[nH]cc(Cc4ccccc4)c3s2)cn1. The van der Waals surface area contributed by atoms with Gasteiger partial charge in [-0.3, -0.25) is 0 Å². The number of thiazole rings is 1. The summed E-state index contributed by atoms with van der Waals surface area (Å²) in [6.45, 7) is 0. The first-order valence-corrected chi connectivity index (χ1v) is 7.84. The molecular formula is C17H14N4S. The quantitative estimate of drug-likeness (QED) is 0.604. The summed E-state index contributed by atoms with van der Waals surface area (Å²) >= 11 is 1.69. The highest BCUT2D eigenvalue weighted by molar-refractivity contribution is 7.21. The number of nitrogens with zero attached hydrogens (tertiary/aromatic N) is 2. The molecule has 0 bridgehead atoms. The predicted molar refractivity (Wildman–Crippen MR) is 90.9 cm³/mol. The van der Waals surface area contributed by atoms with Crippen molar-refractivity contribution in [3.63, 3.8) is 0 Å². The maximum atomic E-state index is 5.64. The minimum Gasteiger partial charge on any atom is -0.384 e. The molecule has 4 nitrogen and oxygen atoms in total. The third-order valence-electron chi connectivity index (χ3n) is 3.57. The third-order valence-corrected chi connectivity index (χ3v) is 4.75. The normalized spacial score (nSPS) is 11.1. The summed E-state index contributed by atoms with van der Waals surface area (Å²) in [5.41, 5.74) is 10.1. The Hall–Kier alpha value is -2.66. The van der Waals surface area contributed by atoms with E-state index in [1.807, 2.05) is 18.3 Å². The van der Waals surface area contributed by atoms with Crippen molar-refractivity contribution in [2.45, 2.75) is 6.42 Å². The van der Waals surface area contributed by atoms with E-state index < -0.39 is 0 Å². The van der Waals surface area contributed by atoms with Gasteiger partial charge >= 0.3 is 0 Å². The fourth-order valence-corrected chi connectivity index (χ4v) is 3.49. The van der Waals surface area contributed by atoms with E-state index in [4.69, 9.17) is 5.73 Å². The molecule has 0 fully saturated rings. The van der Waals surface area contributed by atoms with Crippen molar-refractivity contribution in [1.29, 1.82) is 0 Å². The van der Waals surface area contributed by atoms with Gasteiger partial charge in [-0.2, -0.15) is 0 Å². The molecule has 0 aliphatic rings. The van der Waals surface area contributed by atoms with E-state index in [0.29, 0.717) is 5.82 Å². The average Bonchev–Trinajstić information content (AvgIpc) is 3.11. The van der Waals surface area contributed by atoms with E-state index in [1.165, 1.54) is 15.8 Å². The smallest absolute Gasteiger partial charge is 0.149 e. The Balaban J connectivity index is 1.71. The second-order valence-corrected chi connectivity index (χ2v) is 6.14. The number of nitrogens with one attached hydrogen (secondary N) is 1. The van der Waals surface area contributed by atoms with Crippen LogP contribution in [0.25, 0.3) is 20.9 Å². The minimum atomic E-state index is 0.524. The number of nitrogens with two attached hydrogens (primary N) is 1. The first-order valence-electron chi connectivity index (χ1n) is 7.02. The molecule has 4 rings (SSSR count). The molecule has 108 valence electrons. The summed E-state index contributed by atoms with van der Waals surface area (Å²) < 4.78 is 1.20. The zero-order valence-electron chi connectivity index (χ0n) is 11.8. The van der Waals surface area contributed by atoms with Crippen LogP contribution in [0.4, 0.5) is 5.82 Å². The Morgan fingerprint density at radius 2 is 1.95 bits per heavy atom. The number of aromatic nitrogens is 3. The Morgan fingerprint density at radius 3 is 2.73 bits per heavy atom. The number of aromatic amines is 1. The summed E-state index contributed by atoms with van der Waals surface area (Å²) in [6.07, 6.45) is 4.72. The van der Waals surface area contributed by atoms with Crippen molar-refractivity contribution in [1.82, 2.24) is 15.0 Å². The standard InChI is InChI=1S/C17H14N4S/c18-14-7-6-12(9-19-14)17-21-16-15(22-17)13(10-20-16)8-11-4-2-1-3-5-11/h1-7,9-10,20H,8H2,(H2,18,19). The first kappa shape index (κ1) is 13.0. The average molecular weight is 306 g/mol. The van der Waals surface area contributed by atoms with E-state index in [2.05, 4.69) is 39.2 Å². The number of benzene rings is 1. The zero-order chi connectivity index (χ0) is 14.9. The van der Waals surface area contributed by atoms with Crippen LogP contribution in [0.2, 0.25) is 0 Å². The lowest BCUT2D eigenvalue weighted by Gasteiger charge is -1.98. The van der Waals surface area contributed by atoms with Crippen LogP contribution in [0.1, 0.15) is 11.1 Å². The molecule has 0 saturated heterocycles. The molecule has 0 radical (unpaired) electrons. The molecule has 0 unspecified atom stereocenters. The van der Waals surface area contributed by atoms with Crippen LogP contribution in [0.5, 0.6) is 0 Å². The Morgan fingerprint density at radius 1 is 1.09 bits per heavy atom. The van der Waals surface area contributed by atoms with Gasteiger partial charge in [-0.05, 0) is 23.3 Å². The molecular weight excluding hydrogens is 292 g/mol. The van der Waals surface area contributed by atoms with Crippen LogP contribution in [-0.4, -0.2) is 15.0 Å². The van der Waals surface area contributed by atoms with Crippen molar-refractivity contribution < 1.29 is 0 Å². The summed E-state index contributed by atoms with van der Waals surface area (Å²) in [5.74, 6) is 0.524. The molecule has 5 heteroatoms. The lowest BCUT2D eigenvalue weighted by Crippen LogP contribution is -1.88. The highest BCUT2D eigenvalue weighted by Gasteiger charge is 2.12. The van der Waals surface area contributed by atoms with Crippen molar-refractivity contribution in [3.8, 4) is 10.6 Å². The number of rotatable bonds is 3. The zero-order valence-corrected chi connectivity index (χ0v) is 12.6. The molecule has 3 aromatic heterocycles. The summed E-state index contributed by atoms with van der Waals surface area (Å²) in [7, 11) is 0. The van der Waals surface area contributed by atoms with Crippen LogP contribution in [-0.2, 0) is 6.42 Å². The number of hydrogen-bond donors (Lipinski definition) is 2. The molecule has 0 saturated carbocycles. The van der Waals surface area contributed by atoms with Crippen molar-refractivity contribution >= 4 is 27.5 Å². The maximum Gasteiger partial charge on any atom is 0.149 e. The number of fused-ring (bicyclic) bond motifs is 1. The van der Waals surface area contributed by atoms with Gasteiger partial charge in [0, 0.05) is 24.4 Å². The van der Waals surface area contributed by atoms with Gasteiger partial charge < -0.3 is 10.7 Å². The molecule has 0 atom stereocenters. The lowest BCUT2D eigenvalue weighted by atomic mass is 10.1. The monoisotopic (exact) mass is 306 g/mol. The number of pyridine rings is 1. The summed E-state index contributed by atoms with van der Waals surface area (Å²) in [5, 5.41) is 0.962. The minimum absolute atomic E-state index is 0.524. The van der Waals surface area contributed by atoms with Crippen LogP contribution < -0.4 is 5.73 Å². The van der Waals surface area contributed by atoms with Crippen LogP contribution >= 0.6 is 11.3 Å². The Labute approximate surface area is 131 Å². The fraction of sp³-hybridized carbons (Fsp3) is 0.0588. The highest BCUT2D eigenvalue weighted by Crippen LogP contribution is 2.32. The van der Waals surface area contributed by atoms with Gasteiger partial charge in [0.15, 0.2) is 0 Å². The second kappa shape index (κ2) is 5.27. The van der Waals surface area contributed by atoms with Crippen LogP contribution in [0, 0.1) is 0 Å². The number of hydrogen-bond acceptors (Lipinski definition) is 4. The number of anilines is 1. The number of nitrogen functional groups attached to an aromatic ring is 1. The Kier molecular flexibility index (Phi) is 3.12. The topological polar surface area (TPSA) is 67.6 Å². The second-order valence-electron chi connectivity index (χ2n) is 5.14. The van der Waals surface area contributed by atoms with E-state index >= 15 is 0 Å². The molecule has 3 N–H and O–H groups in total. The van der Waals surface area contributed by atoms with Gasteiger partial charge in [0.05, 0.1) is 4.70 Å². The molecule has 3 heterocycles. The molecule has 0 spiro atoms. The van der Waals surface area contributed by atoms with E-state index in [-0.39, 0.29) is 0 Å². The van der Waals surface area contributed by atoms with Crippen LogP contribution in [0.3, 0.4) is 0 Å². The molecule has 1 aromatic carbocycles. The largest absolute Gasteiger partial charge is 0.384 e. The Bertz CT molecular complexity index is 907. The van der Waals surface area contributed by atoms with Crippen molar-refractivity contribution in [2.75, 3.05) is 5.73 Å². The van der Waals surface area contributed by atoms with Crippen molar-refractivity contribution in [2.24, 2.45) is 0 Å². The van der Waals surface area contributed by atoms with Gasteiger partial charge in [-0.25, -0.2) is 9.97 Å². The maximum absolute atomic E-state index is 5.64. The third kappa shape index (κ3) is 2.35. The molecule has 22 heavy (non-hydrogen) atoms. The van der Waals surface area contributed by atoms with Crippen molar-refractivity contribution in [3.05, 3.63) is 66.0 Å². The fourth-order valence-electron chi connectivity index (χ4n) is 2.46. The first-order chi connectivity index (χ1) is 10.8. The van der Waals surface area contributed by atoms with Gasteiger partial charge in [0.1, 0.15) is 16.5 Å². The molecule has 0 aliphatic carbocycles. The van der Waals surface area contributed by atoms with Crippen LogP contribution in [0.15, 0.2) is 54.9 Å². The lowest BCUT2D eigenvalue weighted by molar-refractivity contribution is 1.21. The van der Waals surface area contributed by atoms with E-state index in [0.717, 1.165) is 22.6 Å². The van der Waals surface area contributed by atoms with Gasteiger partial charge in [-0.1, -0.05) is 30.3 Å². The summed E-state index contributed by atoms with van der Waals surface area (Å²) in [4.78, 5) is 12.1. The van der Waals surface area contributed by atoms with Gasteiger partial charge in [0.2, 0.25) is 0 Å². The highest BCUT2D eigenvalue weighted by atomic mass is 32.1. The van der Waals surface area contributed by atoms with E-state index in [1.54, 1.807) is 23.6 Å².